The first-order valence-corrected chi connectivity index (χ1v) is 5.90. The molecule has 0 aromatic heterocycles. The van der Waals surface area contributed by atoms with Crippen LogP contribution in [0, 0.1) is 17.2 Å². The third-order valence-corrected chi connectivity index (χ3v) is 3.31. The highest BCUT2D eigenvalue weighted by molar-refractivity contribution is 7.99. The van der Waals surface area contributed by atoms with Gasteiger partial charge in [0, 0.05) is 15.7 Å². The second-order valence-electron chi connectivity index (χ2n) is 3.00. The molecule has 0 N–H and O–H groups in total. The molecule has 1 unspecified atom stereocenters. The van der Waals surface area contributed by atoms with E-state index in [1.54, 1.807) is 11.8 Å². The fraction of sp³-hybridized carbons (Fsp3) is 0.364. The quantitative estimate of drug-likeness (QED) is 0.724. The molecule has 74 valence electrons. The van der Waals surface area contributed by atoms with E-state index in [1.165, 1.54) is 0 Å². The molecule has 0 spiro atoms. The van der Waals surface area contributed by atoms with E-state index in [0.717, 1.165) is 22.1 Å². The second kappa shape index (κ2) is 5.95. The maximum Gasteiger partial charge on any atom is 0.0664 e. The molecule has 0 fully saturated rings. The molecule has 0 heterocycles. The Balaban J connectivity index is 2.50. The van der Waals surface area contributed by atoms with Gasteiger partial charge in [-0.15, -0.1) is 11.8 Å². The molecule has 0 radical (unpaired) electrons. The molecule has 0 bridgehead atoms. The van der Waals surface area contributed by atoms with Crippen LogP contribution in [0.2, 0.25) is 5.02 Å². The standard InChI is InChI=1S/C11H12ClNS/c1-2-9(7-13)8-14-11-5-3-4-10(12)6-11/h3-6,9H,2,8H2,1H3. The summed E-state index contributed by atoms with van der Waals surface area (Å²) < 4.78 is 0. The van der Waals surface area contributed by atoms with E-state index in [2.05, 4.69) is 6.07 Å². The van der Waals surface area contributed by atoms with E-state index in [1.807, 2.05) is 31.2 Å². The monoisotopic (exact) mass is 225 g/mol. The average molecular weight is 226 g/mol. The molecule has 0 amide bonds. The molecule has 1 nitrogen and oxygen atoms in total. The molecule has 1 rings (SSSR count). The summed E-state index contributed by atoms with van der Waals surface area (Å²) in [6, 6.07) is 10.0. The number of benzene rings is 1. The van der Waals surface area contributed by atoms with Crippen LogP contribution in [0.3, 0.4) is 0 Å². The van der Waals surface area contributed by atoms with Crippen LogP contribution in [0.25, 0.3) is 0 Å². The zero-order valence-corrected chi connectivity index (χ0v) is 9.61. The van der Waals surface area contributed by atoms with Gasteiger partial charge in [-0.3, -0.25) is 0 Å². The van der Waals surface area contributed by atoms with Crippen LogP contribution in [0.15, 0.2) is 29.2 Å². The van der Waals surface area contributed by atoms with Crippen molar-refractivity contribution in [2.24, 2.45) is 5.92 Å². The van der Waals surface area contributed by atoms with Crippen molar-refractivity contribution in [1.29, 1.82) is 5.26 Å². The van der Waals surface area contributed by atoms with E-state index >= 15 is 0 Å². The van der Waals surface area contributed by atoms with Gasteiger partial charge in [-0.25, -0.2) is 0 Å². The Bertz CT molecular complexity index is 332. The zero-order chi connectivity index (χ0) is 10.4. The van der Waals surface area contributed by atoms with Crippen LogP contribution in [0.1, 0.15) is 13.3 Å². The molecule has 14 heavy (non-hydrogen) atoms. The van der Waals surface area contributed by atoms with Crippen LogP contribution >= 0.6 is 23.4 Å². The lowest BCUT2D eigenvalue weighted by Gasteiger charge is -2.05. The summed E-state index contributed by atoms with van der Waals surface area (Å²) in [4.78, 5) is 1.13. The summed E-state index contributed by atoms with van der Waals surface area (Å²) >= 11 is 7.53. The Morgan fingerprint density at radius 2 is 2.36 bits per heavy atom. The van der Waals surface area contributed by atoms with Crippen molar-refractivity contribution < 1.29 is 0 Å². The molecule has 1 aromatic rings. The Morgan fingerprint density at radius 3 is 2.93 bits per heavy atom. The zero-order valence-electron chi connectivity index (χ0n) is 8.03. The third kappa shape index (κ3) is 3.61. The Kier molecular flexibility index (Phi) is 4.86. The van der Waals surface area contributed by atoms with E-state index in [0.29, 0.717) is 0 Å². The van der Waals surface area contributed by atoms with Crippen molar-refractivity contribution in [3.63, 3.8) is 0 Å². The van der Waals surface area contributed by atoms with Gasteiger partial charge in [0.15, 0.2) is 0 Å². The van der Waals surface area contributed by atoms with Crippen LogP contribution in [-0.2, 0) is 0 Å². The van der Waals surface area contributed by atoms with E-state index < -0.39 is 0 Å². The summed E-state index contributed by atoms with van der Waals surface area (Å²) in [7, 11) is 0. The number of nitriles is 1. The van der Waals surface area contributed by atoms with Crippen molar-refractivity contribution in [1.82, 2.24) is 0 Å². The first kappa shape index (κ1) is 11.4. The molecule has 1 aromatic carbocycles. The highest BCUT2D eigenvalue weighted by Crippen LogP contribution is 2.24. The molecule has 0 aliphatic rings. The fourth-order valence-electron chi connectivity index (χ4n) is 1.00. The maximum atomic E-state index is 8.77. The summed E-state index contributed by atoms with van der Waals surface area (Å²) in [5.41, 5.74) is 0. The fourth-order valence-corrected chi connectivity index (χ4v) is 2.34. The molecule has 3 heteroatoms. The lowest BCUT2D eigenvalue weighted by atomic mass is 10.1. The topological polar surface area (TPSA) is 23.8 Å². The highest BCUT2D eigenvalue weighted by Gasteiger charge is 2.04. The van der Waals surface area contributed by atoms with E-state index in [-0.39, 0.29) is 5.92 Å². The van der Waals surface area contributed by atoms with Gasteiger partial charge in [0.05, 0.1) is 12.0 Å². The first-order chi connectivity index (χ1) is 6.76. The van der Waals surface area contributed by atoms with Crippen molar-refractivity contribution >= 4 is 23.4 Å². The Hall–Kier alpha value is -0.650. The van der Waals surface area contributed by atoms with E-state index in [9.17, 15) is 0 Å². The predicted molar refractivity (Wildman–Crippen MR) is 61.6 cm³/mol. The minimum Gasteiger partial charge on any atom is -0.198 e. The number of rotatable bonds is 4. The average Bonchev–Trinajstić information content (AvgIpc) is 2.19. The predicted octanol–water partition coefficient (Wildman–Crippen LogP) is 3.98. The van der Waals surface area contributed by atoms with Crippen LogP contribution in [-0.4, -0.2) is 5.75 Å². The SMILES string of the molecule is CCC(C#N)CSc1cccc(Cl)c1. The first-order valence-electron chi connectivity index (χ1n) is 4.54. The van der Waals surface area contributed by atoms with E-state index in [4.69, 9.17) is 16.9 Å². The minimum absolute atomic E-state index is 0.138. The lowest BCUT2D eigenvalue weighted by molar-refractivity contribution is 0.724. The number of halogens is 1. The third-order valence-electron chi connectivity index (χ3n) is 1.92. The van der Waals surface area contributed by atoms with Gasteiger partial charge >= 0.3 is 0 Å². The maximum absolute atomic E-state index is 8.77. The van der Waals surface area contributed by atoms with Gasteiger partial charge in [0.1, 0.15) is 0 Å². The Morgan fingerprint density at radius 1 is 1.57 bits per heavy atom. The largest absolute Gasteiger partial charge is 0.198 e. The number of hydrogen-bond donors (Lipinski definition) is 0. The number of hydrogen-bond acceptors (Lipinski definition) is 2. The summed E-state index contributed by atoms with van der Waals surface area (Å²) in [5.74, 6) is 0.979. The molecule has 0 saturated carbocycles. The van der Waals surface area contributed by atoms with Gasteiger partial charge in [-0.1, -0.05) is 24.6 Å². The molecular formula is C11H12ClNS. The number of nitrogens with zero attached hydrogens (tertiary/aromatic N) is 1. The summed E-state index contributed by atoms with van der Waals surface area (Å²) in [6.45, 7) is 2.03. The van der Waals surface area contributed by atoms with Crippen LogP contribution in [0.4, 0.5) is 0 Å². The Labute approximate surface area is 94.1 Å². The van der Waals surface area contributed by atoms with Gasteiger partial charge in [-0.05, 0) is 24.6 Å². The smallest absolute Gasteiger partial charge is 0.0664 e. The highest BCUT2D eigenvalue weighted by atomic mass is 35.5. The van der Waals surface area contributed by atoms with Gasteiger partial charge in [0.25, 0.3) is 0 Å². The molecule has 0 saturated heterocycles. The molecule has 1 atom stereocenters. The van der Waals surface area contributed by atoms with Crippen LogP contribution in [0.5, 0.6) is 0 Å². The van der Waals surface area contributed by atoms with Crippen molar-refractivity contribution in [2.45, 2.75) is 18.2 Å². The van der Waals surface area contributed by atoms with Crippen molar-refractivity contribution in [3.05, 3.63) is 29.3 Å². The molecular weight excluding hydrogens is 214 g/mol. The van der Waals surface area contributed by atoms with Gasteiger partial charge < -0.3 is 0 Å². The van der Waals surface area contributed by atoms with Crippen molar-refractivity contribution in [2.75, 3.05) is 5.75 Å². The van der Waals surface area contributed by atoms with Gasteiger partial charge in [-0.2, -0.15) is 5.26 Å². The number of thioether (sulfide) groups is 1. The van der Waals surface area contributed by atoms with Crippen molar-refractivity contribution in [3.8, 4) is 6.07 Å². The van der Waals surface area contributed by atoms with Crippen LogP contribution < -0.4 is 0 Å². The molecule has 0 aliphatic carbocycles. The minimum atomic E-state index is 0.138. The van der Waals surface area contributed by atoms with Gasteiger partial charge in [0.2, 0.25) is 0 Å². The summed E-state index contributed by atoms with van der Waals surface area (Å²) in [5, 5.41) is 9.52. The molecule has 0 aliphatic heterocycles. The normalized spacial score (nSPS) is 12.1. The second-order valence-corrected chi connectivity index (χ2v) is 4.53. The lowest BCUT2D eigenvalue weighted by Crippen LogP contribution is -1.97. The summed E-state index contributed by atoms with van der Waals surface area (Å²) in [6.07, 6.45) is 0.907.